The van der Waals surface area contributed by atoms with Crippen LogP contribution in [-0.2, 0) is 4.74 Å². The predicted molar refractivity (Wildman–Crippen MR) is 66.9 cm³/mol. The zero-order valence-corrected chi connectivity index (χ0v) is 10.7. The number of fused-ring (bicyclic) bond motifs is 1. The van der Waals surface area contributed by atoms with Crippen LogP contribution in [-0.4, -0.2) is 51.1 Å². The van der Waals surface area contributed by atoms with Crippen molar-refractivity contribution >= 4 is 23.2 Å². The molecule has 0 unspecified atom stereocenters. The molecule has 0 radical (unpaired) electrons. The van der Waals surface area contributed by atoms with Gasteiger partial charge in [-0.25, -0.2) is 0 Å². The van der Waals surface area contributed by atoms with Gasteiger partial charge in [0.25, 0.3) is 5.78 Å². The summed E-state index contributed by atoms with van der Waals surface area (Å²) in [6.45, 7) is 3.27. The van der Waals surface area contributed by atoms with Crippen LogP contribution in [0.5, 0.6) is 0 Å². The highest BCUT2D eigenvalue weighted by molar-refractivity contribution is 6.30. The molecule has 0 amide bonds. The molecule has 0 bridgehead atoms. The summed E-state index contributed by atoms with van der Waals surface area (Å²) in [6, 6.07) is 0. The number of nitrogens with one attached hydrogen (secondary N) is 1. The number of halogens is 1. The first-order valence-electron chi connectivity index (χ1n) is 5.52. The Balaban J connectivity index is 2.11. The van der Waals surface area contributed by atoms with Gasteiger partial charge in [0.15, 0.2) is 0 Å². The Morgan fingerprint density at radius 3 is 3.11 bits per heavy atom. The zero-order valence-electron chi connectivity index (χ0n) is 9.93. The number of hydrogen-bond acceptors (Lipinski definition) is 6. The molecule has 0 aliphatic heterocycles. The molecule has 0 fully saturated rings. The molecule has 8 heteroatoms. The van der Waals surface area contributed by atoms with Crippen molar-refractivity contribution in [2.75, 3.05) is 31.7 Å². The van der Waals surface area contributed by atoms with Crippen LogP contribution in [0.1, 0.15) is 5.56 Å². The normalized spacial score (nSPS) is 11.1. The van der Waals surface area contributed by atoms with E-state index < -0.39 is 0 Å². The summed E-state index contributed by atoms with van der Waals surface area (Å²) in [5, 5.41) is 16.2. The maximum Gasteiger partial charge on any atom is 0.255 e. The number of anilines is 1. The van der Waals surface area contributed by atoms with E-state index >= 15 is 0 Å². The Labute approximate surface area is 109 Å². The number of nitrogens with zero attached hydrogens (tertiary/aromatic N) is 4. The third kappa shape index (κ3) is 2.69. The van der Waals surface area contributed by atoms with Crippen molar-refractivity contribution in [1.29, 1.82) is 0 Å². The topological polar surface area (TPSA) is 84.6 Å². The third-order valence-corrected chi connectivity index (χ3v) is 2.75. The largest absolute Gasteiger partial charge is 0.394 e. The molecule has 7 nitrogen and oxygen atoms in total. The Morgan fingerprint density at radius 1 is 1.50 bits per heavy atom. The molecular formula is C10H14ClN5O2. The number of aliphatic hydroxyl groups excluding tert-OH is 1. The quantitative estimate of drug-likeness (QED) is 0.588. The summed E-state index contributed by atoms with van der Waals surface area (Å²) in [4.78, 5) is 8.09. The van der Waals surface area contributed by atoms with Gasteiger partial charge in [0.05, 0.1) is 19.8 Å². The Hall–Kier alpha value is -1.44. The first-order chi connectivity index (χ1) is 8.74. The van der Waals surface area contributed by atoms with Crippen molar-refractivity contribution in [3.05, 3.63) is 17.0 Å². The average Bonchev–Trinajstić information content (AvgIpc) is 2.81. The van der Waals surface area contributed by atoms with E-state index in [0.717, 1.165) is 11.4 Å². The van der Waals surface area contributed by atoms with E-state index in [0.29, 0.717) is 30.7 Å². The van der Waals surface area contributed by atoms with E-state index in [2.05, 4.69) is 20.4 Å². The highest BCUT2D eigenvalue weighted by Crippen LogP contribution is 2.21. The first kappa shape index (κ1) is 13.0. The third-order valence-electron chi connectivity index (χ3n) is 2.38. The highest BCUT2D eigenvalue weighted by atomic mass is 35.5. The van der Waals surface area contributed by atoms with Crippen LogP contribution in [0.3, 0.4) is 0 Å². The molecule has 2 N–H and O–H groups in total. The molecule has 0 saturated carbocycles. The number of aromatic nitrogens is 4. The molecular weight excluding hydrogens is 258 g/mol. The van der Waals surface area contributed by atoms with Crippen molar-refractivity contribution in [1.82, 2.24) is 19.6 Å². The Bertz CT molecular complexity index is 530. The van der Waals surface area contributed by atoms with Crippen LogP contribution < -0.4 is 5.32 Å². The summed E-state index contributed by atoms with van der Waals surface area (Å²) >= 11 is 6.02. The summed E-state index contributed by atoms with van der Waals surface area (Å²) in [5.41, 5.74) is 0.803. The predicted octanol–water partition coefficient (Wildman–Crippen LogP) is 0.507. The van der Waals surface area contributed by atoms with Crippen molar-refractivity contribution in [3.63, 3.8) is 0 Å². The number of rotatable bonds is 6. The SMILES string of the molecule is Cc1c(Cl)nc2ncnn2c1NCCOCCO. The Morgan fingerprint density at radius 2 is 2.33 bits per heavy atom. The lowest BCUT2D eigenvalue weighted by atomic mass is 10.3. The minimum absolute atomic E-state index is 0.0213. The van der Waals surface area contributed by atoms with E-state index in [1.54, 1.807) is 4.52 Å². The minimum atomic E-state index is 0.0213. The monoisotopic (exact) mass is 271 g/mol. The minimum Gasteiger partial charge on any atom is -0.394 e. The van der Waals surface area contributed by atoms with E-state index in [1.165, 1.54) is 6.33 Å². The molecule has 2 aromatic rings. The molecule has 2 rings (SSSR count). The van der Waals surface area contributed by atoms with Crippen LogP contribution in [0.2, 0.25) is 5.15 Å². The lowest BCUT2D eigenvalue weighted by Gasteiger charge is -2.11. The average molecular weight is 272 g/mol. The lowest BCUT2D eigenvalue weighted by Crippen LogP contribution is -2.15. The van der Waals surface area contributed by atoms with Crippen molar-refractivity contribution < 1.29 is 9.84 Å². The van der Waals surface area contributed by atoms with Gasteiger partial charge >= 0.3 is 0 Å². The molecule has 0 aliphatic carbocycles. The molecule has 0 aromatic carbocycles. The van der Waals surface area contributed by atoms with Gasteiger partial charge in [0.1, 0.15) is 17.3 Å². The fourth-order valence-corrected chi connectivity index (χ4v) is 1.68. The molecule has 2 heterocycles. The van der Waals surface area contributed by atoms with E-state index in [-0.39, 0.29) is 6.61 Å². The van der Waals surface area contributed by atoms with Gasteiger partial charge in [0.2, 0.25) is 0 Å². The van der Waals surface area contributed by atoms with E-state index in [1.807, 2.05) is 6.92 Å². The maximum absolute atomic E-state index is 8.58. The zero-order chi connectivity index (χ0) is 13.0. The van der Waals surface area contributed by atoms with Crippen LogP contribution >= 0.6 is 11.6 Å². The summed E-state index contributed by atoms with van der Waals surface area (Å²) in [5.74, 6) is 1.19. The van der Waals surface area contributed by atoms with Crippen molar-refractivity contribution in [2.24, 2.45) is 0 Å². The molecule has 0 atom stereocenters. The van der Waals surface area contributed by atoms with Crippen molar-refractivity contribution in [3.8, 4) is 0 Å². The van der Waals surface area contributed by atoms with E-state index in [9.17, 15) is 0 Å². The van der Waals surface area contributed by atoms with Gasteiger partial charge in [-0.1, -0.05) is 11.6 Å². The van der Waals surface area contributed by atoms with Gasteiger partial charge in [-0.2, -0.15) is 19.6 Å². The smallest absolute Gasteiger partial charge is 0.255 e. The maximum atomic E-state index is 8.58. The molecule has 0 saturated heterocycles. The van der Waals surface area contributed by atoms with Crippen molar-refractivity contribution in [2.45, 2.75) is 6.92 Å². The van der Waals surface area contributed by atoms with Gasteiger partial charge in [-0.3, -0.25) is 0 Å². The van der Waals surface area contributed by atoms with Crippen LogP contribution in [0.15, 0.2) is 6.33 Å². The lowest BCUT2D eigenvalue weighted by molar-refractivity contribution is 0.0991. The second kappa shape index (κ2) is 5.94. The number of hydrogen-bond donors (Lipinski definition) is 2. The standard InChI is InChI=1S/C10H14ClN5O2/c1-7-8(11)15-10-13-6-14-16(10)9(7)12-2-4-18-5-3-17/h6,12,17H,2-5H2,1H3. The molecule has 98 valence electrons. The van der Waals surface area contributed by atoms with Gasteiger partial charge in [0, 0.05) is 12.1 Å². The number of ether oxygens (including phenoxy) is 1. The molecule has 2 aromatic heterocycles. The number of aliphatic hydroxyl groups is 1. The second-order valence-electron chi connectivity index (χ2n) is 3.61. The molecule has 0 aliphatic rings. The second-order valence-corrected chi connectivity index (χ2v) is 3.97. The first-order valence-corrected chi connectivity index (χ1v) is 5.90. The molecule has 0 spiro atoms. The Kier molecular flexibility index (Phi) is 4.29. The molecule has 18 heavy (non-hydrogen) atoms. The van der Waals surface area contributed by atoms with Crippen LogP contribution in [0.4, 0.5) is 5.82 Å². The highest BCUT2D eigenvalue weighted by Gasteiger charge is 2.11. The fraction of sp³-hybridized carbons (Fsp3) is 0.500. The van der Waals surface area contributed by atoms with Gasteiger partial charge in [-0.05, 0) is 6.92 Å². The van der Waals surface area contributed by atoms with Gasteiger partial charge in [-0.15, -0.1) is 0 Å². The van der Waals surface area contributed by atoms with Crippen LogP contribution in [0.25, 0.3) is 5.78 Å². The van der Waals surface area contributed by atoms with Gasteiger partial charge < -0.3 is 15.2 Å². The fourth-order valence-electron chi connectivity index (χ4n) is 1.51. The van der Waals surface area contributed by atoms with E-state index in [4.69, 9.17) is 21.4 Å². The van der Waals surface area contributed by atoms with Crippen LogP contribution in [0, 0.1) is 6.92 Å². The summed E-state index contributed by atoms with van der Waals surface area (Å²) in [7, 11) is 0. The summed E-state index contributed by atoms with van der Waals surface area (Å²) in [6.07, 6.45) is 1.42. The summed E-state index contributed by atoms with van der Waals surface area (Å²) < 4.78 is 6.75.